The highest BCUT2D eigenvalue weighted by molar-refractivity contribution is 7.57. The average Bonchev–Trinajstić information content (AvgIpc) is 3.11. The first-order valence-corrected chi connectivity index (χ1v) is 19.2. The second kappa shape index (κ2) is 21.1. The number of carbonyl (C=O) groups excluding carboxylic acids is 4. The molecular formula is C39H51N2O10P. The molecule has 12 nitrogen and oxygen atoms in total. The van der Waals surface area contributed by atoms with Crippen molar-refractivity contribution in [2.45, 2.75) is 85.1 Å². The molecule has 0 bridgehead atoms. The summed E-state index contributed by atoms with van der Waals surface area (Å²) in [6.45, 7) is 8.70. The molecule has 0 aliphatic heterocycles. The monoisotopic (exact) mass is 738 g/mol. The van der Waals surface area contributed by atoms with Gasteiger partial charge < -0.3 is 28.8 Å². The van der Waals surface area contributed by atoms with E-state index in [1.54, 1.807) is 52.0 Å². The van der Waals surface area contributed by atoms with Crippen molar-refractivity contribution in [2.24, 2.45) is 5.92 Å². The van der Waals surface area contributed by atoms with E-state index in [0.717, 1.165) is 16.7 Å². The van der Waals surface area contributed by atoms with Crippen LogP contribution in [-0.2, 0) is 55.7 Å². The molecule has 3 rings (SSSR count). The van der Waals surface area contributed by atoms with Gasteiger partial charge in [0.25, 0.3) is 0 Å². The molecule has 0 fully saturated rings. The third-order valence-corrected chi connectivity index (χ3v) is 9.65. The number of hydrogen-bond acceptors (Lipinski definition) is 10. The van der Waals surface area contributed by atoms with Crippen LogP contribution in [0, 0.1) is 5.92 Å². The minimum Gasteiger partial charge on any atom is -0.466 e. The van der Waals surface area contributed by atoms with Crippen LogP contribution in [0.15, 0.2) is 78.9 Å². The van der Waals surface area contributed by atoms with Crippen LogP contribution in [0.2, 0.25) is 0 Å². The zero-order valence-corrected chi connectivity index (χ0v) is 31.7. The Morgan fingerprint density at radius 3 is 2.02 bits per heavy atom. The van der Waals surface area contributed by atoms with Gasteiger partial charge in [-0.1, -0.05) is 73.7 Å². The molecule has 3 aromatic carbocycles. The van der Waals surface area contributed by atoms with Crippen LogP contribution in [0.1, 0.15) is 65.0 Å². The predicted octanol–water partition coefficient (Wildman–Crippen LogP) is 6.60. The Hall–Kier alpha value is -4.51. The Bertz CT molecular complexity index is 1630. The number of esters is 3. The molecule has 0 aliphatic carbocycles. The van der Waals surface area contributed by atoms with E-state index in [4.69, 9.17) is 23.5 Å². The molecule has 0 saturated carbocycles. The fourth-order valence-electron chi connectivity index (χ4n) is 5.26. The highest BCUT2D eigenvalue weighted by Gasteiger charge is 2.31. The van der Waals surface area contributed by atoms with E-state index in [0.29, 0.717) is 18.4 Å². The second-order valence-electron chi connectivity index (χ2n) is 12.7. The zero-order chi connectivity index (χ0) is 38.1. The van der Waals surface area contributed by atoms with Gasteiger partial charge in [-0.2, -0.15) is 0 Å². The van der Waals surface area contributed by atoms with Gasteiger partial charge in [-0.25, -0.2) is 5.09 Å². The molecule has 1 unspecified atom stereocenters. The fraction of sp³-hybridized carbons (Fsp3) is 0.436. The highest BCUT2D eigenvalue weighted by Crippen LogP contribution is 2.43. The number of carbonyl (C=O) groups is 4. The molecular weight excluding hydrogens is 687 g/mol. The van der Waals surface area contributed by atoms with Crippen LogP contribution in [0.25, 0.3) is 11.1 Å². The predicted molar refractivity (Wildman–Crippen MR) is 197 cm³/mol. The molecule has 1 amide bonds. The summed E-state index contributed by atoms with van der Waals surface area (Å²) in [5, 5.41) is 5.68. The summed E-state index contributed by atoms with van der Waals surface area (Å²) in [6.07, 6.45) is 0.0247. The lowest BCUT2D eigenvalue weighted by atomic mass is 9.94. The number of ether oxygens (including phenoxy) is 4. The van der Waals surface area contributed by atoms with Crippen molar-refractivity contribution in [2.75, 3.05) is 20.1 Å². The maximum Gasteiger partial charge on any atom is 0.342 e. The minimum atomic E-state index is -3.64. The molecule has 0 saturated heterocycles. The van der Waals surface area contributed by atoms with E-state index in [1.165, 1.54) is 14.0 Å². The van der Waals surface area contributed by atoms with Gasteiger partial charge in [-0.05, 0) is 74.9 Å². The highest BCUT2D eigenvalue weighted by atomic mass is 31.2. The standard InChI is InChI=1S/C39H51N2O10P/c1-7-48-38(44)28(4)23-34(24-30-13-17-33(18-14-30)32-11-9-8-10-12-32)40-36(42)21-22-37(43)49-25-31-15-19-35(20-16-31)51-52(46,26-47-6)41-29(5)39(45)50-27(2)3/h8-20,27-29,34H,7,21-26H2,1-6H3,(H,40,42)(H,41,46)/t28-,29+,34+,52?/m1/s1. The Morgan fingerprint density at radius 2 is 1.40 bits per heavy atom. The maximum absolute atomic E-state index is 13.3. The maximum atomic E-state index is 13.3. The lowest BCUT2D eigenvalue weighted by Crippen LogP contribution is -2.39. The van der Waals surface area contributed by atoms with Crippen LogP contribution >= 0.6 is 7.52 Å². The normalized spacial score (nSPS) is 14.0. The van der Waals surface area contributed by atoms with Gasteiger partial charge in [0.05, 0.1) is 25.0 Å². The van der Waals surface area contributed by atoms with Crippen molar-refractivity contribution in [3.05, 3.63) is 90.0 Å². The molecule has 13 heteroatoms. The first kappa shape index (κ1) is 41.9. The van der Waals surface area contributed by atoms with E-state index >= 15 is 0 Å². The van der Waals surface area contributed by atoms with Crippen molar-refractivity contribution >= 4 is 31.3 Å². The Balaban J connectivity index is 1.52. The van der Waals surface area contributed by atoms with Gasteiger partial charge in [0, 0.05) is 19.6 Å². The smallest absolute Gasteiger partial charge is 0.342 e. The summed E-state index contributed by atoms with van der Waals surface area (Å²) in [7, 11) is -2.27. The van der Waals surface area contributed by atoms with E-state index in [1.807, 2.05) is 54.6 Å². The number of benzene rings is 3. The Labute approximate surface area is 306 Å². The van der Waals surface area contributed by atoms with Crippen LogP contribution in [0.3, 0.4) is 0 Å². The van der Waals surface area contributed by atoms with E-state index in [-0.39, 0.29) is 62.2 Å². The average molecular weight is 739 g/mol. The summed E-state index contributed by atoms with van der Waals surface area (Å²) < 4.78 is 39.8. The van der Waals surface area contributed by atoms with Gasteiger partial charge in [0.15, 0.2) is 0 Å². The second-order valence-corrected chi connectivity index (χ2v) is 14.8. The number of methoxy groups -OCH3 is 1. The van der Waals surface area contributed by atoms with E-state index in [2.05, 4.69) is 10.4 Å². The molecule has 2 N–H and O–H groups in total. The number of rotatable bonds is 21. The SMILES string of the molecule is CCOC(=O)[C@H](C)C[C@@H](Cc1ccc(-c2ccccc2)cc1)NC(=O)CCC(=O)OCc1ccc(OP(=O)(COC)N[C@@H](C)C(=O)OC(C)C)cc1. The lowest BCUT2D eigenvalue weighted by Gasteiger charge is -2.23. The number of amides is 1. The van der Waals surface area contributed by atoms with Crippen molar-refractivity contribution in [1.82, 2.24) is 10.4 Å². The quantitative estimate of drug-likeness (QED) is 0.0690. The summed E-state index contributed by atoms with van der Waals surface area (Å²) >= 11 is 0. The van der Waals surface area contributed by atoms with Gasteiger partial charge >= 0.3 is 25.4 Å². The third kappa shape index (κ3) is 14.6. The summed E-state index contributed by atoms with van der Waals surface area (Å²) in [4.78, 5) is 50.1. The first-order chi connectivity index (χ1) is 24.8. The Morgan fingerprint density at radius 1 is 0.769 bits per heavy atom. The summed E-state index contributed by atoms with van der Waals surface area (Å²) in [6, 6.07) is 23.2. The van der Waals surface area contributed by atoms with Crippen LogP contribution < -0.4 is 14.9 Å². The van der Waals surface area contributed by atoms with Gasteiger partial charge in [-0.15, -0.1) is 0 Å². The van der Waals surface area contributed by atoms with Crippen molar-refractivity contribution in [3.8, 4) is 16.9 Å². The van der Waals surface area contributed by atoms with Crippen molar-refractivity contribution in [3.63, 3.8) is 0 Å². The summed E-state index contributed by atoms with van der Waals surface area (Å²) in [5.74, 6) is -1.97. The number of nitrogens with one attached hydrogen (secondary N) is 2. The van der Waals surface area contributed by atoms with E-state index < -0.39 is 31.4 Å². The molecule has 0 aliphatic rings. The molecule has 0 heterocycles. The topological polar surface area (TPSA) is 156 Å². The molecule has 0 radical (unpaired) electrons. The van der Waals surface area contributed by atoms with Gasteiger partial charge in [0.2, 0.25) is 5.91 Å². The van der Waals surface area contributed by atoms with Crippen molar-refractivity contribution in [1.29, 1.82) is 0 Å². The first-order valence-electron chi connectivity index (χ1n) is 17.4. The number of hydrogen-bond donors (Lipinski definition) is 2. The van der Waals surface area contributed by atoms with Crippen LogP contribution in [0.4, 0.5) is 0 Å². The summed E-state index contributed by atoms with van der Waals surface area (Å²) in [5.41, 5.74) is 3.81. The minimum absolute atomic E-state index is 0.0502. The molecule has 0 spiro atoms. The molecule has 52 heavy (non-hydrogen) atoms. The van der Waals surface area contributed by atoms with E-state index in [9.17, 15) is 23.7 Å². The van der Waals surface area contributed by atoms with Crippen molar-refractivity contribution < 1.29 is 47.2 Å². The molecule has 3 aromatic rings. The lowest BCUT2D eigenvalue weighted by molar-refractivity contribution is -0.149. The fourth-order valence-corrected chi connectivity index (χ4v) is 6.94. The van der Waals surface area contributed by atoms with Gasteiger partial charge in [0.1, 0.15) is 24.7 Å². The zero-order valence-electron chi connectivity index (χ0n) is 30.8. The van der Waals surface area contributed by atoms with Gasteiger partial charge in [-0.3, -0.25) is 23.7 Å². The Kier molecular flexibility index (Phi) is 17.0. The largest absolute Gasteiger partial charge is 0.466 e. The van der Waals surface area contributed by atoms with Crippen LogP contribution in [-0.4, -0.2) is 62.1 Å². The molecule has 0 aromatic heterocycles. The van der Waals surface area contributed by atoms with Crippen LogP contribution in [0.5, 0.6) is 5.75 Å². The molecule has 4 atom stereocenters. The molecule has 282 valence electrons. The third-order valence-electron chi connectivity index (χ3n) is 7.76.